The van der Waals surface area contributed by atoms with Crippen molar-refractivity contribution in [2.45, 2.75) is 31.2 Å². The molecule has 0 spiro atoms. The predicted molar refractivity (Wildman–Crippen MR) is 136 cm³/mol. The van der Waals surface area contributed by atoms with Gasteiger partial charge < -0.3 is 25.8 Å². The second-order valence-electron chi connectivity index (χ2n) is 8.43. The summed E-state index contributed by atoms with van der Waals surface area (Å²) in [6.07, 6.45) is 2.13. The third-order valence-corrected chi connectivity index (χ3v) is 5.82. The second-order valence-corrected chi connectivity index (χ2v) is 8.43. The minimum atomic E-state index is -0.746. The van der Waals surface area contributed by atoms with Gasteiger partial charge in [0.05, 0.1) is 30.9 Å². The van der Waals surface area contributed by atoms with E-state index in [0.29, 0.717) is 6.54 Å². The summed E-state index contributed by atoms with van der Waals surface area (Å²) in [5.41, 5.74) is 3.25. The van der Waals surface area contributed by atoms with Crippen LogP contribution in [0.5, 0.6) is 0 Å². The maximum absolute atomic E-state index is 13.7. The Balaban J connectivity index is 1.25. The van der Waals surface area contributed by atoms with Gasteiger partial charge in [-0.15, -0.1) is 0 Å². The van der Waals surface area contributed by atoms with Crippen molar-refractivity contribution in [3.05, 3.63) is 102 Å². The van der Waals surface area contributed by atoms with Gasteiger partial charge in [-0.2, -0.15) is 0 Å². The number of anilines is 1. The number of aliphatic hydroxyl groups excluding tert-OH is 1. The van der Waals surface area contributed by atoms with Crippen LogP contribution in [0, 0.1) is 5.82 Å². The van der Waals surface area contributed by atoms with E-state index in [1.54, 1.807) is 18.2 Å². The lowest BCUT2D eigenvalue weighted by Crippen LogP contribution is -2.50. The Labute approximate surface area is 209 Å². The van der Waals surface area contributed by atoms with Crippen LogP contribution in [0.3, 0.4) is 0 Å². The fourth-order valence-corrected chi connectivity index (χ4v) is 3.91. The molecule has 3 atom stereocenters. The van der Waals surface area contributed by atoms with Crippen LogP contribution >= 0.6 is 0 Å². The van der Waals surface area contributed by atoms with Crippen LogP contribution in [0.4, 0.5) is 14.9 Å². The molecule has 4 N–H and O–H groups in total. The number of urea groups is 1. The van der Waals surface area contributed by atoms with E-state index in [4.69, 9.17) is 4.74 Å². The summed E-state index contributed by atoms with van der Waals surface area (Å²) in [6.45, 7) is 0.0228. The van der Waals surface area contributed by atoms with Gasteiger partial charge in [-0.1, -0.05) is 78.9 Å². The molecule has 1 aliphatic rings. The average Bonchev–Trinajstić information content (AvgIpc) is 2.90. The van der Waals surface area contributed by atoms with Crippen molar-refractivity contribution in [2.75, 3.05) is 11.9 Å². The van der Waals surface area contributed by atoms with Crippen molar-refractivity contribution >= 4 is 17.6 Å². The maximum atomic E-state index is 13.7. The van der Waals surface area contributed by atoms with Crippen LogP contribution in [0.1, 0.15) is 12.0 Å². The molecule has 7 nitrogen and oxygen atoms in total. The van der Waals surface area contributed by atoms with Crippen molar-refractivity contribution in [2.24, 2.45) is 0 Å². The van der Waals surface area contributed by atoms with Gasteiger partial charge >= 0.3 is 6.03 Å². The maximum Gasteiger partial charge on any atom is 0.319 e. The van der Waals surface area contributed by atoms with E-state index >= 15 is 0 Å². The summed E-state index contributed by atoms with van der Waals surface area (Å²) in [4.78, 5) is 24.7. The topological polar surface area (TPSA) is 99.7 Å². The number of hydrogen-bond donors (Lipinski definition) is 4. The van der Waals surface area contributed by atoms with Gasteiger partial charge in [-0.25, -0.2) is 9.18 Å². The zero-order chi connectivity index (χ0) is 25.3. The van der Waals surface area contributed by atoms with Crippen molar-refractivity contribution in [1.82, 2.24) is 10.6 Å². The Hall–Kier alpha value is -4.01. The average molecular weight is 490 g/mol. The number of benzene rings is 3. The van der Waals surface area contributed by atoms with Crippen LogP contribution < -0.4 is 16.0 Å². The summed E-state index contributed by atoms with van der Waals surface area (Å²) in [7, 11) is 0. The molecule has 0 bridgehead atoms. The number of amides is 3. The lowest BCUT2D eigenvalue weighted by atomic mass is 10.0. The monoisotopic (exact) mass is 489 g/mol. The molecule has 0 fully saturated rings. The first-order valence-corrected chi connectivity index (χ1v) is 11.7. The van der Waals surface area contributed by atoms with Crippen LogP contribution in [-0.4, -0.2) is 41.9 Å². The SMILES string of the molecule is O=C(C[C@H]1C=C[C@@H](NC(=O)Nc2ccccc2F)[C@@H](CO)O1)NCc1ccc(-c2ccccc2)cc1. The summed E-state index contributed by atoms with van der Waals surface area (Å²) >= 11 is 0. The first kappa shape index (κ1) is 25.1. The van der Waals surface area contributed by atoms with Crippen molar-refractivity contribution in [3.63, 3.8) is 0 Å². The molecule has 0 aliphatic carbocycles. The Bertz CT molecular complexity index is 1200. The summed E-state index contributed by atoms with van der Waals surface area (Å²) in [5, 5.41) is 17.7. The number of nitrogens with one attached hydrogen (secondary N) is 3. The van der Waals surface area contributed by atoms with Gasteiger partial charge in [0, 0.05) is 6.54 Å². The van der Waals surface area contributed by atoms with Crippen LogP contribution in [-0.2, 0) is 16.1 Å². The lowest BCUT2D eigenvalue weighted by Gasteiger charge is -2.31. The zero-order valence-electron chi connectivity index (χ0n) is 19.6. The van der Waals surface area contributed by atoms with E-state index < -0.39 is 30.1 Å². The molecule has 4 rings (SSSR count). The summed E-state index contributed by atoms with van der Waals surface area (Å²) in [6, 6.07) is 22.6. The predicted octanol–water partition coefficient (Wildman–Crippen LogP) is 4.01. The number of para-hydroxylation sites is 1. The van der Waals surface area contributed by atoms with Crippen molar-refractivity contribution in [3.8, 4) is 11.1 Å². The number of carbonyl (C=O) groups excluding carboxylic acids is 2. The number of halogens is 1. The highest BCUT2D eigenvalue weighted by Crippen LogP contribution is 2.20. The molecular weight excluding hydrogens is 461 g/mol. The third kappa shape index (κ3) is 6.78. The summed E-state index contributed by atoms with van der Waals surface area (Å²) < 4.78 is 19.5. The highest BCUT2D eigenvalue weighted by atomic mass is 19.1. The van der Waals surface area contributed by atoms with E-state index in [0.717, 1.165) is 16.7 Å². The molecule has 3 aromatic rings. The minimum Gasteiger partial charge on any atom is -0.394 e. The van der Waals surface area contributed by atoms with E-state index in [1.165, 1.54) is 18.2 Å². The molecule has 8 heteroatoms. The fraction of sp³-hybridized carbons (Fsp3) is 0.214. The van der Waals surface area contributed by atoms with Crippen LogP contribution in [0.2, 0.25) is 0 Å². The van der Waals surface area contributed by atoms with Gasteiger partial charge in [0.1, 0.15) is 11.9 Å². The smallest absolute Gasteiger partial charge is 0.319 e. The highest BCUT2D eigenvalue weighted by molar-refractivity contribution is 5.89. The third-order valence-electron chi connectivity index (χ3n) is 5.82. The van der Waals surface area contributed by atoms with Crippen molar-refractivity contribution in [1.29, 1.82) is 0 Å². The largest absolute Gasteiger partial charge is 0.394 e. The molecule has 0 unspecified atom stereocenters. The molecule has 0 aromatic heterocycles. The molecule has 0 saturated heterocycles. The standard InChI is InChI=1S/C28H28FN3O4/c29-23-8-4-5-9-24(23)31-28(35)32-25-15-14-22(36-26(25)18-33)16-27(34)30-17-19-10-12-21(13-11-19)20-6-2-1-3-7-20/h1-15,22,25-26,33H,16-18H2,(H,30,34)(H2,31,32,35)/t22-,25-,26-/m1/s1. The molecule has 3 aromatic carbocycles. The van der Waals surface area contributed by atoms with Crippen LogP contribution in [0.15, 0.2) is 91.0 Å². The fourth-order valence-electron chi connectivity index (χ4n) is 3.91. The van der Waals surface area contributed by atoms with Gasteiger partial charge in [-0.3, -0.25) is 4.79 Å². The quantitative estimate of drug-likeness (QED) is 0.360. The molecule has 36 heavy (non-hydrogen) atoms. The van der Waals surface area contributed by atoms with E-state index in [9.17, 15) is 19.1 Å². The molecule has 186 valence electrons. The first-order valence-electron chi connectivity index (χ1n) is 11.7. The van der Waals surface area contributed by atoms with Gasteiger partial charge in [0.15, 0.2) is 0 Å². The number of rotatable bonds is 8. The van der Waals surface area contributed by atoms with Crippen LogP contribution in [0.25, 0.3) is 11.1 Å². The molecule has 3 amide bonds. The number of hydrogen-bond acceptors (Lipinski definition) is 4. The Morgan fingerprint density at radius 3 is 2.31 bits per heavy atom. The second kappa shape index (κ2) is 12.1. The number of aliphatic hydroxyl groups is 1. The van der Waals surface area contributed by atoms with Crippen molar-refractivity contribution < 1.29 is 23.8 Å². The normalized spacial score (nSPS) is 18.9. The lowest BCUT2D eigenvalue weighted by molar-refractivity contribution is -0.125. The highest BCUT2D eigenvalue weighted by Gasteiger charge is 2.29. The Morgan fingerprint density at radius 1 is 0.889 bits per heavy atom. The Kier molecular flexibility index (Phi) is 8.44. The molecule has 0 saturated carbocycles. The molecular formula is C28H28FN3O4. The molecule has 0 radical (unpaired) electrons. The van der Waals surface area contributed by atoms with E-state index in [2.05, 4.69) is 16.0 Å². The summed E-state index contributed by atoms with van der Waals surface area (Å²) in [5.74, 6) is -0.753. The first-order chi connectivity index (χ1) is 17.5. The number of carbonyl (C=O) groups is 2. The van der Waals surface area contributed by atoms with Gasteiger partial charge in [-0.05, 0) is 28.8 Å². The van der Waals surface area contributed by atoms with Gasteiger partial charge in [0.2, 0.25) is 5.91 Å². The van der Waals surface area contributed by atoms with E-state index in [1.807, 2.05) is 54.6 Å². The molecule has 1 aliphatic heterocycles. The molecule has 1 heterocycles. The zero-order valence-corrected chi connectivity index (χ0v) is 19.6. The van der Waals surface area contributed by atoms with E-state index in [-0.39, 0.29) is 24.6 Å². The van der Waals surface area contributed by atoms with Gasteiger partial charge in [0.25, 0.3) is 0 Å². The minimum absolute atomic E-state index is 0.0421. The number of ether oxygens (including phenoxy) is 1. The Morgan fingerprint density at radius 2 is 1.58 bits per heavy atom.